The summed E-state index contributed by atoms with van der Waals surface area (Å²) in [5.41, 5.74) is 1.58. The molecule has 5 N–H and O–H groups in total. The van der Waals surface area contributed by atoms with Gasteiger partial charge in [-0.05, 0) is 77.2 Å². The predicted molar refractivity (Wildman–Crippen MR) is 228 cm³/mol. The average Bonchev–Trinajstić information content (AvgIpc) is 3.21. The third-order valence-electron chi connectivity index (χ3n) is 8.41. The molecule has 1 aromatic heterocycles. The van der Waals surface area contributed by atoms with E-state index < -0.39 is 71.5 Å². The van der Waals surface area contributed by atoms with Crippen molar-refractivity contribution in [3.05, 3.63) is 120 Å². The summed E-state index contributed by atoms with van der Waals surface area (Å²) in [6, 6.07) is 23.0. The standard InChI is InChI=1S/C36H32N8O13S4.O3S/c1-57-31-15-22(7-12-30(31)44-43-26-10-8-23-17-28(59(48,49)50)21-33(29(23)19-26)61(54,55)56)16-34-38-35(40-36(39-34)37-13-14-58(45,46)47)18-24-9-11-27(20-32(24)60(51,52)53)42-41-25-5-3-2-4-6-25;1-4(2)3/h2-12,15,17,19-21H,13-14,16,18H2,1H3,(H,45,46,47)(H,48,49,50)(H,51,52,53)(H,54,55,56)(H,37,38,39,40);. The van der Waals surface area contributed by atoms with Gasteiger partial charge in [-0.3, -0.25) is 18.2 Å². The van der Waals surface area contributed by atoms with E-state index in [4.69, 9.17) is 17.4 Å². The van der Waals surface area contributed by atoms with E-state index in [2.05, 4.69) is 40.7 Å². The minimum absolute atomic E-state index is 0.00881. The van der Waals surface area contributed by atoms with Crippen LogP contribution in [0.25, 0.3) is 10.8 Å². The molecule has 0 bridgehead atoms. The van der Waals surface area contributed by atoms with Gasteiger partial charge in [0.25, 0.3) is 40.5 Å². The Kier molecular flexibility index (Phi) is 15.6. The van der Waals surface area contributed by atoms with Crippen molar-refractivity contribution < 1.29 is 69.2 Å². The first-order valence-corrected chi connectivity index (χ1v) is 24.7. The van der Waals surface area contributed by atoms with Crippen molar-refractivity contribution >= 4 is 90.6 Å². The molecule has 6 rings (SSSR count). The Balaban J connectivity index is 0.00000190. The lowest BCUT2D eigenvalue weighted by molar-refractivity contribution is 0.415. The van der Waals surface area contributed by atoms with E-state index in [1.54, 1.807) is 42.5 Å². The van der Waals surface area contributed by atoms with Crippen molar-refractivity contribution in [3.8, 4) is 5.75 Å². The molecule has 0 spiro atoms. The summed E-state index contributed by atoms with van der Waals surface area (Å²) >= 11 is 0. The van der Waals surface area contributed by atoms with Crippen molar-refractivity contribution in [1.29, 1.82) is 0 Å². The quantitative estimate of drug-likeness (QED) is 0.0623. The molecule has 0 aliphatic rings. The first-order valence-electron chi connectivity index (χ1n) is 17.8. The largest absolute Gasteiger partial charge is 0.494 e. The van der Waals surface area contributed by atoms with E-state index in [0.29, 0.717) is 17.3 Å². The maximum atomic E-state index is 12.5. The molecule has 0 amide bonds. The van der Waals surface area contributed by atoms with Gasteiger partial charge in [0.1, 0.15) is 28.0 Å². The minimum Gasteiger partial charge on any atom is -0.494 e. The maximum Gasteiger partial charge on any atom is 0.425 e. The number of ether oxygens (including phenoxy) is 1. The van der Waals surface area contributed by atoms with Crippen LogP contribution in [0.1, 0.15) is 22.8 Å². The summed E-state index contributed by atoms with van der Waals surface area (Å²) in [6.07, 6.45) is -0.243. The zero-order valence-electron chi connectivity index (χ0n) is 32.9. The van der Waals surface area contributed by atoms with Crippen LogP contribution in [-0.2, 0) is 63.9 Å². The molecule has 29 heteroatoms. The predicted octanol–water partition coefficient (Wildman–Crippen LogP) is 5.08. The first kappa shape index (κ1) is 49.4. The third kappa shape index (κ3) is 14.7. The fraction of sp³-hybridized carbons (Fsp3) is 0.139. The Morgan fingerprint density at radius 3 is 1.83 bits per heavy atom. The highest BCUT2D eigenvalue weighted by Crippen LogP contribution is 2.34. The second-order valence-electron chi connectivity index (χ2n) is 13.0. The second kappa shape index (κ2) is 20.5. The van der Waals surface area contributed by atoms with Gasteiger partial charge < -0.3 is 10.1 Å². The van der Waals surface area contributed by atoms with Gasteiger partial charge in [0, 0.05) is 24.8 Å². The summed E-state index contributed by atoms with van der Waals surface area (Å²) in [4.78, 5) is 11.1. The molecule has 6 aromatic rings. The van der Waals surface area contributed by atoms with Crippen molar-refractivity contribution in [1.82, 2.24) is 15.0 Å². The molecule has 0 unspecified atom stereocenters. The fourth-order valence-electron chi connectivity index (χ4n) is 5.69. The SMILES string of the molecule is COc1cc(Cc2nc(Cc3ccc(N=Nc4ccccc4)cc3S(=O)(=O)O)nc(NCCS(=O)(=O)O)n2)ccc1N=Nc1ccc2cc(S(=O)(=O)O)cc(S(=O)(=O)O)c2c1.O=S(=O)=O. The van der Waals surface area contributed by atoms with E-state index in [-0.39, 0.29) is 76.1 Å². The molecule has 5 aromatic carbocycles. The summed E-state index contributed by atoms with van der Waals surface area (Å²) in [6.45, 7) is -0.299. The van der Waals surface area contributed by atoms with Crippen LogP contribution in [0.4, 0.5) is 28.7 Å². The van der Waals surface area contributed by atoms with Gasteiger partial charge in [0.2, 0.25) is 5.95 Å². The van der Waals surface area contributed by atoms with Crippen LogP contribution in [-0.4, -0.2) is 98.9 Å². The van der Waals surface area contributed by atoms with Gasteiger partial charge in [-0.1, -0.05) is 36.4 Å². The number of methoxy groups -OCH3 is 1. The number of nitrogens with zero attached hydrogens (tertiary/aromatic N) is 7. The summed E-state index contributed by atoms with van der Waals surface area (Å²) in [5, 5.41) is 19.1. The number of hydrogen-bond acceptors (Lipinski definition) is 20. The van der Waals surface area contributed by atoms with Crippen molar-refractivity contribution in [2.24, 2.45) is 20.5 Å². The van der Waals surface area contributed by atoms with E-state index in [1.165, 1.54) is 43.5 Å². The summed E-state index contributed by atoms with van der Waals surface area (Å²) in [5.74, 6) is -0.438. The molecule has 0 saturated heterocycles. The molecule has 0 radical (unpaired) electrons. The highest BCUT2D eigenvalue weighted by atomic mass is 32.2. The van der Waals surface area contributed by atoms with E-state index in [0.717, 1.165) is 12.1 Å². The number of benzene rings is 5. The zero-order valence-corrected chi connectivity index (χ0v) is 37.0. The normalized spacial score (nSPS) is 12.3. The number of nitrogens with one attached hydrogen (secondary N) is 1. The second-order valence-corrected chi connectivity index (χ2v) is 19.2. The number of fused-ring (bicyclic) bond motifs is 1. The molecular formula is C36H32N8O16S5. The summed E-state index contributed by atoms with van der Waals surface area (Å²) < 4.78 is 165. The van der Waals surface area contributed by atoms with Crippen LogP contribution in [0.15, 0.2) is 132 Å². The van der Waals surface area contributed by atoms with E-state index in [1.807, 2.05) is 0 Å². The van der Waals surface area contributed by atoms with Gasteiger partial charge >= 0.3 is 10.6 Å². The Morgan fingerprint density at radius 1 is 0.615 bits per heavy atom. The van der Waals surface area contributed by atoms with Gasteiger partial charge in [0.05, 0.1) is 39.7 Å². The lowest BCUT2D eigenvalue weighted by Crippen LogP contribution is -2.18. The number of rotatable bonds is 16. The zero-order chi connectivity index (χ0) is 47.7. The number of anilines is 1. The summed E-state index contributed by atoms with van der Waals surface area (Å²) in [7, 11) is -20.7. The van der Waals surface area contributed by atoms with Crippen LogP contribution in [0.5, 0.6) is 5.75 Å². The van der Waals surface area contributed by atoms with Gasteiger partial charge in [0.15, 0.2) is 0 Å². The Bertz CT molecular complexity index is 3410. The van der Waals surface area contributed by atoms with Crippen molar-refractivity contribution in [2.45, 2.75) is 27.5 Å². The van der Waals surface area contributed by atoms with Crippen molar-refractivity contribution in [2.75, 3.05) is 24.7 Å². The van der Waals surface area contributed by atoms with Crippen LogP contribution in [0, 0.1) is 0 Å². The minimum atomic E-state index is -4.95. The van der Waals surface area contributed by atoms with Crippen LogP contribution in [0.3, 0.4) is 0 Å². The van der Waals surface area contributed by atoms with Gasteiger partial charge in [-0.25, -0.2) is 4.98 Å². The van der Waals surface area contributed by atoms with E-state index in [9.17, 15) is 51.9 Å². The smallest absolute Gasteiger partial charge is 0.425 e. The third-order valence-corrected chi connectivity index (χ3v) is 11.8. The molecule has 0 saturated carbocycles. The van der Waals surface area contributed by atoms with Gasteiger partial charge in [-0.15, -0.1) is 17.7 Å². The molecule has 0 aliphatic carbocycles. The lowest BCUT2D eigenvalue weighted by atomic mass is 10.1. The van der Waals surface area contributed by atoms with Crippen LogP contribution < -0.4 is 10.1 Å². The van der Waals surface area contributed by atoms with Crippen LogP contribution in [0.2, 0.25) is 0 Å². The van der Waals surface area contributed by atoms with Gasteiger partial charge in [-0.2, -0.15) is 59.0 Å². The number of hydrogen-bond donors (Lipinski definition) is 5. The molecule has 65 heavy (non-hydrogen) atoms. The molecule has 0 atom stereocenters. The Labute approximate surface area is 371 Å². The fourth-order valence-corrected chi connectivity index (χ4v) is 8.14. The van der Waals surface area contributed by atoms with Crippen molar-refractivity contribution in [3.63, 3.8) is 0 Å². The number of azo groups is 2. The Hall–Kier alpha value is -6.57. The lowest BCUT2D eigenvalue weighted by Gasteiger charge is -2.12. The van der Waals surface area contributed by atoms with Crippen LogP contribution >= 0.6 is 0 Å². The monoisotopic (exact) mass is 992 g/mol. The molecule has 0 fully saturated rings. The molecule has 0 aliphatic heterocycles. The Morgan fingerprint density at radius 2 is 1.22 bits per heavy atom. The van der Waals surface area contributed by atoms with E-state index >= 15 is 0 Å². The maximum absolute atomic E-state index is 12.5. The highest BCUT2D eigenvalue weighted by Gasteiger charge is 2.22. The molecular weight excluding hydrogens is 961 g/mol. The average molecular weight is 993 g/mol. The molecule has 24 nitrogen and oxygen atoms in total. The number of aromatic nitrogens is 3. The highest BCUT2D eigenvalue weighted by molar-refractivity contribution is 7.87. The molecule has 1 heterocycles. The topological polar surface area (TPSA) is 378 Å². The molecule has 342 valence electrons. The first-order chi connectivity index (χ1) is 30.4.